The summed E-state index contributed by atoms with van der Waals surface area (Å²) in [6.45, 7) is 0. The lowest BCUT2D eigenvalue weighted by Crippen LogP contribution is -2.13. The predicted octanol–water partition coefficient (Wildman–Crippen LogP) is 3.57. The van der Waals surface area contributed by atoms with Crippen LogP contribution in [0.5, 0.6) is 0 Å². The second-order valence-electron chi connectivity index (χ2n) is 3.18. The van der Waals surface area contributed by atoms with E-state index in [1.165, 1.54) is 0 Å². The Hall–Kier alpha value is -0.790. The van der Waals surface area contributed by atoms with E-state index < -0.39 is 0 Å². The zero-order chi connectivity index (χ0) is 12.4. The number of hydrogen-bond donors (Lipinski definition) is 2. The van der Waals surface area contributed by atoms with Crippen molar-refractivity contribution in [1.82, 2.24) is 10.2 Å². The number of H-pyrrole nitrogens is 1. The molecule has 0 radical (unpaired) electrons. The maximum absolute atomic E-state index is 11.8. The van der Waals surface area contributed by atoms with E-state index in [0.29, 0.717) is 21.4 Å². The zero-order valence-electron chi connectivity index (χ0n) is 8.30. The molecule has 4 nitrogen and oxygen atoms in total. The van der Waals surface area contributed by atoms with Crippen LogP contribution in [0.1, 0.15) is 10.5 Å². The summed E-state index contributed by atoms with van der Waals surface area (Å²) >= 11 is 13.7. The second-order valence-corrected chi connectivity index (χ2v) is 5.15. The van der Waals surface area contributed by atoms with Crippen molar-refractivity contribution < 1.29 is 4.79 Å². The molecule has 0 aliphatic heterocycles. The van der Waals surface area contributed by atoms with Crippen LogP contribution in [0.3, 0.4) is 0 Å². The van der Waals surface area contributed by atoms with Gasteiger partial charge in [-0.2, -0.15) is 5.10 Å². The average Bonchev–Trinajstić information content (AvgIpc) is 2.70. The summed E-state index contributed by atoms with van der Waals surface area (Å²) in [6, 6.07) is 4.89. The molecule has 0 bridgehead atoms. The van der Waals surface area contributed by atoms with Crippen molar-refractivity contribution in [3.63, 3.8) is 0 Å². The van der Waals surface area contributed by atoms with E-state index in [9.17, 15) is 4.79 Å². The third-order valence-corrected chi connectivity index (χ3v) is 3.55. The Morgan fingerprint density at radius 2 is 2.12 bits per heavy atom. The Kier molecular flexibility index (Phi) is 3.90. The summed E-state index contributed by atoms with van der Waals surface area (Å²) in [5.41, 5.74) is 0.992. The van der Waals surface area contributed by atoms with Crippen molar-refractivity contribution in [1.29, 1.82) is 0 Å². The first-order chi connectivity index (χ1) is 8.08. The number of nitrogens with one attached hydrogen (secondary N) is 2. The smallest absolute Gasteiger partial charge is 0.274 e. The van der Waals surface area contributed by atoms with Gasteiger partial charge >= 0.3 is 0 Å². The van der Waals surface area contributed by atoms with Crippen molar-refractivity contribution in [3.8, 4) is 0 Å². The average molecular weight is 382 g/mol. The molecule has 0 spiro atoms. The molecule has 0 fully saturated rings. The molecule has 1 amide bonds. The van der Waals surface area contributed by atoms with Crippen molar-refractivity contribution in [2.75, 3.05) is 5.32 Å². The van der Waals surface area contributed by atoms with Gasteiger partial charge in [-0.05, 0) is 40.8 Å². The molecule has 1 aromatic heterocycles. The summed E-state index contributed by atoms with van der Waals surface area (Å²) in [4.78, 5) is 11.8. The van der Waals surface area contributed by atoms with Crippen molar-refractivity contribution in [3.05, 3.63) is 43.7 Å². The normalized spacial score (nSPS) is 10.3. The van der Waals surface area contributed by atoms with E-state index in [1.54, 1.807) is 24.4 Å². The summed E-state index contributed by atoms with van der Waals surface area (Å²) in [5.74, 6) is -0.273. The van der Waals surface area contributed by atoms with E-state index in [4.69, 9.17) is 23.2 Å². The number of amides is 1. The minimum atomic E-state index is -0.273. The lowest BCUT2D eigenvalue weighted by Gasteiger charge is -2.05. The molecule has 0 aliphatic rings. The van der Waals surface area contributed by atoms with Crippen LogP contribution in [0.4, 0.5) is 5.69 Å². The number of carbonyl (C=O) groups excluding carboxylic acids is 1. The van der Waals surface area contributed by atoms with Gasteiger partial charge in [-0.25, -0.2) is 0 Å². The van der Waals surface area contributed by atoms with E-state index in [1.807, 2.05) is 22.6 Å². The van der Waals surface area contributed by atoms with Gasteiger partial charge in [0.2, 0.25) is 0 Å². The number of aromatic nitrogens is 2. The van der Waals surface area contributed by atoms with E-state index in [0.717, 1.165) is 3.57 Å². The van der Waals surface area contributed by atoms with Gasteiger partial charge in [-0.1, -0.05) is 23.2 Å². The standard InChI is InChI=1S/C10H6Cl2IN3O/c11-6-2-1-5(3-7(6)12)15-10(17)9-8(13)4-14-16-9/h1-4H,(H,14,16)(H,15,17). The van der Waals surface area contributed by atoms with Gasteiger partial charge in [0, 0.05) is 5.69 Å². The van der Waals surface area contributed by atoms with E-state index >= 15 is 0 Å². The first kappa shape index (κ1) is 12.7. The molecule has 0 aliphatic carbocycles. The molecule has 0 unspecified atom stereocenters. The number of halogens is 3. The maximum Gasteiger partial charge on any atom is 0.274 e. The van der Waals surface area contributed by atoms with Crippen molar-refractivity contribution >= 4 is 57.4 Å². The number of carbonyl (C=O) groups is 1. The van der Waals surface area contributed by atoms with Crippen molar-refractivity contribution in [2.24, 2.45) is 0 Å². The zero-order valence-corrected chi connectivity index (χ0v) is 12.0. The van der Waals surface area contributed by atoms with Gasteiger partial charge < -0.3 is 5.32 Å². The highest BCUT2D eigenvalue weighted by Crippen LogP contribution is 2.25. The Bertz CT molecular complexity index is 570. The highest BCUT2D eigenvalue weighted by molar-refractivity contribution is 14.1. The van der Waals surface area contributed by atoms with Gasteiger partial charge in [0.1, 0.15) is 5.69 Å². The monoisotopic (exact) mass is 381 g/mol. The number of hydrogen-bond acceptors (Lipinski definition) is 2. The van der Waals surface area contributed by atoms with E-state index in [2.05, 4.69) is 15.5 Å². The summed E-state index contributed by atoms with van der Waals surface area (Å²) < 4.78 is 0.750. The predicted molar refractivity (Wildman–Crippen MR) is 75.7 cm³/mol. The molecule has 1 heterocycles. The van der Waals surface area contributed by atoms with Crippen LogP contribution >= 0.6 is 45.8 Å². The van der Waals surface area contributed by atoms with Crippen LogP contribution in [0, 0.1) is 3.57 Å². The molecular weight excluding hydrogens is 376 g/mol. The lowest BCUT2D eigenvalue weighted by atomic mass is 10.3. The first-order valence-electron chi connectivity index (χ1n) is 4.53. The fourth-order valence-corrected chi connectivity index (χ4v) is 2.00. The molecule has 0 saturated carbocycles. The quantitative estimate of drug-likeness (QED) is 0.781. The molecule has 1 aromatic carbocycles. The molecular formula is C10H6Cl2IN3O. The van der Waals surface area contributed by atoms with Crippen LogP contribution in [0.15, 0.2) is 24.4 Å². The Labute approximate surface area is 121 Å². The summed E-state index contributed by atoms with van der Waals surface area (Å²) in [5, 5.41) is 9.93. The van der Waals surface area contributed by atoms with Crippen LogP contribution in [0.2, 0.25) is 10.0 Å². The Morgan fingerprint density at radius 1 is 1.35 bits per heavy atom. The molecule has 2 aromatic rings. The van der Waals surface area contributed by atoms with E-state index in [-0.39, 0.29) is 5.91 Å². The van der Waals surface area contributed by atoms with Crippen molar-refractivity contribution in [2.45, 2.75) is 0 Å². The molecule has 7 heteroatoms. The van der Waals surface area contributed by atoms with Gasteiger partial charge in [0.15, 0.2) is 0 Å². The SMILES string of the molecule is O=C(Nc1ccc(Cl)c(Cl)c1)c1[nH]ncc1I. The molecule has 0 atom stereocenters. The van der Waals surface area contributed by atoms with Gasteiger partial charge in [0.05, 0.1) is 19.8 Å². The van der Waals surface area contributed by atoms with Crippen LogP contribution in [-0.2, 0) is 0 Å². The molecule has 0 saturated heterocycles. The third-order valence-electron chi connectivity index (χ3n) is 2.00. The first-order valence-corrected chi connectivity index (χ1v) is 6.36. The Balaban J connectivity index is 2.19. The maximum atomic E-state index is 11.8. The molecule has 2 N–H and O–H groups in total. The van der Waals surface area contributed by atoms with Gasteiger partial charge in [-0.15, -0.1) is 0 Å². The lowest BCUT2D eigenvalue weighted by molar-refractivity contribution is 0.102. The number of aromatic amines is 1. The van der Waals surface area contributed by atoms with Crippen LogP contribution < -0.4 is 5.32 Å². The highest BCUT2D eigenvalue weighted by Gasteiger charge is 2.12. The Morgan fingerprint density at radius 3 is 2.71 bits per heavy atom. The highest BCUT2D eigenvalue weighted by atomic mass is 127. The minimum Gasteiger partial charge on any atom is -0.321 e. The molecule has 17 heavy (non-hydrogen) atoms. The minimum absolute atomic E-state index is 0.273. The fourth-order valence-electron chi connectivity index (χ4n) is 1.20. The van der Waals surface area contributed by atoms with Gasteiger partial charge in [0.25, 0.3) is 5.91 Å². The van der Waals surface area contributed by atoms with Crippen LogP contribution in [0.25, 0.3) is 0 Å². The molecule has 2 rings (SSSR count). The number of benzene rings is 1. The summed E-state index contributed by atoms with van der Waals surface area (Å²) in [6.07, 6.45) is 1.57. The number of anilines is 1. The molecule has 88 valence electrons. The number of rotatable bonds is 2. The fraction of sp³-hybridized carbons (Fsp3) is 0. The van der Waals surface area contributed by atoms with Crippen LogP contribution in [-0.4, -0.2) is 16.1 Å². The second kappa shape index (κ2) is 5.24. The summed E-state index contributed by atoms with van der Waals surface area (Å²) in [7, 11) is 0. The number of nitrogens with zero attached hydrogens (tertiary/aromatic N) is 1. The largest absolute Gasteiger partial charge is 0.321 e. The third kappa shape index (κ3) is 2.91. The topological polar surface area (TPSA) is 57.8 Å². The van der Waals surface area contributed by atoms with Gasteiger partial charge in [-0.3, -0.25) is 9.89 Å².